The van der Waals surface area contributed by atoms with Crippen LogP contribution in [0.4, 0.5) is 4.79 Å². The van der Waals surface area contributed by atoms with Crippen LogP contribution in [0.15, 0.2) is 0 Å². The minimum atomic E-state index is -1.54. The third-order valence-electron chi connectivity index (χ3n) is 2.12. The first-order chi connectivity index (χ1) is 6.88. The summed E-state index contributed by atoms with van der Waals surface area (Å²) in [5.74, 6) is 0. The third-order valence-corrected chi connectivity index (χ3v) is 2.45. The predicted octanol–water partition coefficient (Wildman–Crippen LogP) is 1.74. The molecule has 1 fully saturated rings. The Labute approximate surface area is 104 Å². The lowest BCUT2D eigenvalue weighted by atomic mass is 10.3. The van der Waals surface area contributed by atoms with E-state index in [0.29, 0.717) is 13.1 Å². The number of nitrogens with zero attached hydrogens (tertiary/aromatic N) is 2. The van der Waals surface area contributed by atoms with Gasteiger partial charge < -0.3 is 14.5 Å². The number of likely N-dealkylation sites (N-methyl/N-ethyl adjacent to an activating group) is 1. The molecule has 7 heteroatoms. The van der Waals surface area contributed by atoms with Crippen molar-refractivity contribution < 1.29 is 9.53 Å². The number of carbonyl (C=O) groups is 1. The minimum absolute atomic E-state index is 0.219. The molecule has 1 amide bonds. The average molecular weight is 276 g/mol. The van der Waals surface area contributed by atoms with E-state index in [1.807, 2.05) is 7.05 Å². The van der Waals surface area contributed by atoms with Crippen LogP contribution >= 0.6 is 34.8 Å². The van der Waals surface area contributed by atoms with Crippen LogP contribution in [0.25, 0.3) is 0 Å². The molecule has 0 radical (unpaired) electrons. The van der Waals surface area contributed by atoms with Gasteiger partial charge in [0.25, 0.3) is 0 Å². The monoisotopic (exact) mass is 274 g/mol. The van der Waals surface area contributed by atoms with Gasteiger partial charge in [0.15, 0.2) is 0 Å². The molecule has 88 valence electrons. The first-order valence-corrected chi connectivity index (χ1v) is 5.69. The van der Waals surface area contributed by atoms with E-state index in [9.17, 15) is 4.79 Å². The van der Waals surface area contributed by atoms with Gasteiger partial charge in [0, 0.05) is 26.2 Å². The Morgan fingerprint density at radius 1 is 1.27 bits per heavy atom. The van der Waals surface area contributed by atoms with Crippen LogP contribution in [-0.4, -0.2) is 59.5 Å². The zero-order chi connectivity index (χ0) is 11.5. The molecule has 0 unspecified atom stereocenters. The van der Waals surface area contributed by atoms with Crippen LogP contribution in [0, 0.1) is 0 Å². The average Bonchev–Trinajstić information content (AvgIpc) is 2.14. The van der Waals surface area contributed by atoms with Crippen LogP contribution in [0.1, 0.15) is 0 Å². The van der Waals surface area contributed by atoms with Crippen molar-refractivity contribution in [3.63, 3.8) is 0 Å². The molecule has 4 nitrogen and oxygen atoms in total. The number of carbonyl (C=O) groups excluding carboxylic acids is 1. The fourth-order valence-corrected chi connectivity index (χ4v) is 1.39. The molecule has 0 spiro atoms. The van der Waals surface area contributed by atoms with Crippen molar-refractivity contribution in [2.45, 2.75) is 3.79 Å². The van der Waals surface area contributed by atoms with Gasteiger partial charge in [-0.05, 0) is 7.05 Å². The zero-order valence-electron chi connectivity index (χ0n) is 8.38. The molecular formula is C8H13Cl3N2O2. The summed E-state index contributed by atoms with van der Waals surface area (Å²) >= 11 is 16.4. The quantitative estimate of drug-likeness (QED) is 0.684. The second kappa shape index (κ2) is 5.43. The maximum absolute atomic E-state index is 11.5. The largest absolute Gasteiger partial charge is 0.445 e. The highest BCUT2D eigenvalue weighted by atomic mass is 35.6. The van der Waals surface area contributed by atoms with E-state index >= 15 is 0 Å². The Morgan fingerprint density at radius 3 is 2.27 bits per heavy atom. The van der Waals surface area contributed by atoms with Crippen molar-refractivity contribution in [2.75, 3.05) is 39.8 Å². The lowest BCUT2D eigenvalue weighted by molar-refractivity contribution is 0.0832. The molecule has 0 bridgehead atoms. The van der Waals surface area contributed by atoms with Crippen LogP contribution in [0.5, 0.6) is 0 Å². The molecule has 0 N–H and O–H groups in total. The minimum Gasteiger partial charge on any atom is -0.445 e. The summed E-state index contributed by atoms with van der Waals surface area (Å²) in [6, 6.07) is 0. The maximum Gasteiger partial charge on any atom is 0.409 e. The van der Waals surface area contributed by atoms with E-state index in [1.54, 1.807) is 4.90 Å². The van der Waals surface area contributed by atoms with Gasteiger partial charge in [0.2, 0.25) is 3.79 Å². The Hall–Kier alpha value is 0.1000. The number of halogens is 3. The van der Waals surface area contributed by atoms with E-state index in [4.69, 9.17) is 39.5 Å². The molecule has 15 heavy (non-hydrogen) atoms. The lowest BCUT2D eigenvalue weighted by Gasteiger charge is -2.31. The van der Waals surface area contributed by atoms with Crippen LogP contribution in [-0.2, 0) is 4.74 Å². The van der Waals surface area contributed by atoms with Crippen molar-refractivity contribution in [3.05, 3.63) is 0 Å². The summed E-state index contributed by atoms with van der Waals surface area (Å²) < 4.78 is 3.31. The van der Waals surface area contributed by atoms with Gasteiger partial charge in [0.1, 0.15) is 6.61 Å². The fraction of sp³-hybridized carbons (Fsp3) is 0.875. The molecule has 0 aromatic rings. The van der Waals surface area contributed by atoms with Gasteiger partial charge in [-0.1, -0.05) is 34.8 Å². The van der Waals surface area contributed by atoms with Crippen molar-refractivity contribution in [1.82, 2.24) is 9.80 Å². The number of hydrogen-bond acceptors (Lipinski definition) is 3. The molecule has 0 aromatic heterocycles. The van der Waals surface area contributed by atoms with Gasteiger partial charge in [-0.15, -0.1) is 0 Å². The van der Waals surface area contributed by atoms with Gasteiger partial charge in [-0.3, -0.25) is 0 Å². The highest BCUT2D eigenvalue weighted by molar-refractivity contribution is 6.67. The van der Waals surface area contributed by atoms with Gasteiger partial charge >= 0.3 is 6.09 Å². The Morgan fingerprint density at radius 2 is 1.80 bits per heavy atom. The molecule has 0 aliphatic carbocycles. The maximum atomic E-state index is 11.5. The number of rotatable bonds is 1. The molecule has 0 saturated carbocycles. The van der Waals surface area contributed by atoms with Gasteiger partial charge in [-0.25, -0.2) is 4.79 Å². The van der Waals surface area contributed by atoms with Crippen LogP contribution in [0.3, 0.4) is 0 Å². The number of ether oxygens (including phenoxy) is 1. The molecule has 1 aliphatic rings. The number of amides is 1. The molecular weight excluding hydrogens is 262 g/mol. The zero-order valence-corrected chi connectivity index (χ0v) is 10.6. The molecule has 1 rings (SSSR count). The first kappa shape index (κ1) is 13.2. The van der Waals surface area contributed by atoms with Gasteiger partial charge in [-0.2, -0.15) is 0 Å². The first-order valence-electron chi connectivity index (χ1n) is 4.55. The number of piperazine rings is 1. The summed E-state index contributed by atoms with van der Waals surface area (Å²) in [6.07, 6.45) is -0.422. The predicted molar refractivity (Wildman–Crippen MR) is 60.7 cm³/mol. The topological polar surface area (TPSA) is 32.8 Å². The normalized spacial score (nSPS) is 19.1. The number of hydrogen-bond donors (Lipinski definition) is 0. The molecule has 0 aromatic carbocycles. The molecule has 1 saturated heterocycles. The molecule has 0 atom stereocenters. The fourth-order valence-electron chi connectivity index (χ4n) is 1.22. The van der Waals surface area contributed by atoms with E-state index in [1.165, 1.54) is 0 Å². The Bertz CT molecular complexity index is 224. The summed E-state index contributed by atoms with van der Waals surface area (Å²) in [4.78, 5) is 15.2. The Balaban J connectivity index is 2.29. The van der Waals surface area contributed by atoms with Crippen LogP contribution < -0.4 is 0 Å². The van der Waals surface area contributed by atoms with Crippen molar-refractivity contribution in [1.29, 1.82) is 0 Å². The SMILES string of the molecule is CN1CCN(C(=O)OCC(Cl)(Cl)Cl)CC1. The standard InChI is InChI=1S/C8H13Cl3N2O2/c1-12-2-4-13(5-3-12)7(14)15-6-8(9,10)11/h2-6H2,1H3. The van der Waals surface area contributed by atoms with E-state index in [2.05, 4.69) is 4.90 Å². The summed E-state index contributed by atoms with van der Waals surface area (Å²) in [5.41, 5.74) is 0. The second-order valence-electron chi connectivity index (χ2n) is 3.46. The summed E-state index contributed by atoms with van der Waals surface area (Å²) in [7, 11) is 2.00. The summed E-state index contributed by atoms with van der Waals surface area (Å²) in [5, 5.41) is 0. The van der Waals surface area contributed by atoms with Crippen molar-refractivity contribution in [3.8, 4) is 0 Å². The van der Waals surface area contributed by atoms with E-state index in [0.717, 1.165) is 13.1 Å². The molecule has 1 aliphatic heterocycles. The third kappa shape index (κ3) is 5.11. The second-order valence-corrected chi connectivity index (χ2v) is 5.98. The molecule has 1 heterocycles. The smallest absolute Gasteiger partial charge is 0.409 e. The highest BCUT2D eigenvalue weighted by Crippen LogP contribution is 2.26. The highest BCUT2D eigenvalue weighted by Gasteiger charge is 2.25. The Kier molecular flexibility index (Phi) is 4.77. The van der Waals surface area contributed by atoms with Crippen molar-refractivity contribution >= 4 is 40.9 Å². The van der Waals surface area contributed by atoms with E-state index in [-0.39, 0.29) is 6.61 Å². The van der Waals surface area contributed by atoms with E-state index < -0.39 is 9.89 Å². The van der Waals surface area contributed by atoms with Crippen molar-refractivity contribution in [2.24, 2.45) is 0 Å². The van der Waals surface area contributed by atoms with Crippen LogP contribution in [0.2, 0.25) is 0 Å². The van der Waals surface area contributed by atoms with Gasteiger partial charge in [0.05, 0.1) is 0 Å². The number of alkyl halides is 3. The summed E-state index contributed by atoms with van der Waals surface area (Å²) in [6.45, 7) is 2.75. The lowest BCUT2D eigenvalue weighted by Crippen LogP contribution is -2.47.